The van der Waals surface area contributed by atoms with E-state index >= 15 is 0 Å². The minimum Gasteiger partial charge on any atom is -0.323 e. The lowest BCUT2D eigenvalue weighted by Crippen LogP contribution is -2.25. The maximum Gasteiger partial charge on any atom is 0.240 e. The first-order valence-electron chi connectivity index (χ1n) is 11.6. The summed E-state index contributed by atoms with van der Waals surface area (Å²) in [5, 5.41) is 13.9. The molecular weight excluding hydrogens is 422 g/mol. The molecule has 1 aliphatic heterocycles. The van der Waals surface area contributed by atoms with Crippen molar-refractivity contribution >= 4 is 22.7 Å². The first-order chi connectivity index (χ1) is 16.7. The van der Waals surface area contributed by atoms with Crippen LogP contribution in [0, 0.1) is 11.3 Å². The Labute approximate surface area is 197 Å². The summed E-state index contributed by atoms with van der Waals surface area (Å²) in [6.07, 6.45) is 3.42. The highest BCUT2D eigenvalue weighted by Gasteiger charge is 2.30. The third-order valence-corrected chi connectivity index (χ3v) is 6.64. The smallest absolute Gasteiger partial charge is 0.240 e. The average molecular weight is 446 g/mol. The van der Waals surface area contributed by atoms with E-state index in [1.165, 1.54) is 0 Å². The molecule has 0 bridgehead atoms. The van der Waals surface area contributed by atoms with Crippen LogP contribution in [0.2, 0.25) is 0 Å². The number of rotatable bonds is 5. The molecule has 1 aliphatic carbocycles. The number of imidazole rings is 1. The van der Waals surface area contributed by atoms with Crippen molar-refractivity contribution in [1.82, 2.24) is 15.0 Å². The van der Waals surface area contributed by atoms with Crippen LogP contribution in [0.15, 0.2) is 71.8 Å². The molecule has 0 spiro atoms. The van der Waals surface area contributed by atoms with Gasteiger partial charge in [0.1, 0.15) is 5.82 Å². The largest absolute Gasteiger partial charge is 0.323 e. The molecule has 1 saturated carbocycles. The summed E-state index contributed by atoms with van der Waals surface area (Å²) in [6, 6.07) is 24.7. The molecule has 34 heavy (non-hydrogen) atoms. The molecule has 2 aliphatic rings. The highest BCUT2D eigenvalue weighted by Crippen LogP contribution is 2.41. The van der Waals surface area contributed by atoms with Crippen molar-refractivity contribution in [3.05, 3.63) is 89.2 Å². The molecule has 1 amide bonds. The van der Waals surface area contributed by atoms with E-state index in [-0.39, 0.29) is 5.91 Å². The third-order valence-electron chi connectivity index (χ3n) is 6.64. The van der Waals surface area contributed by atoms with Crippen LogP contribution in [0.5, 0.6) is 0 Å². The number of benzene rings is 3. The van der Waals surface area contributed by atoms with Gasteiger partial charge in [-0.1, -0.05) is 48.5 Å². The van der Waals surface area contributed by atoms with Gasteiger partial charge in [0, 0.05) is 30.9 Å². The number of fused-ring (bicyclic) bond motifs is 1. The first-order valence-corrected chi connectivity index (χ1v) is 11.6. The zero-order valence-electron chi connectivity index (χ0n) is 18.7. The number of nitrogens with one attached hydrogen (secondary N) is 1. The number of nitriles is 1. The first kappa shape index (κ1) is 20.4. The fourth-order valence-electron chi connectivity index (χ4n) is 4.74. The van der Waals surface area contributed by atoms with Crippen molar-refractivity contribution in [1.29, 1.82) is 5.26 Å². The molecular formula is C28H23N5O. The highest BCUT2D eigenvalue weighted by atomic mass is 16.2. The van der Waals surface area contributed by atoms with E-state index in [0.29, 0.717) is 30.9 Å². The summed E-state index contributed by atoms with van der Waals surface area (Å²) >= 11 is 0. The van der Waals surface area contributed by atoms with Crippen LogP contribution < -0.4 is 5.43 Å². The van der Waals surface area contributed by atoms with E-state index in [1.807, 2.05) is 30.3 Å². The monoisotopic (exact) mass is 445 g/mol. The normalized spacial score (nSPS) is 15.6. The Balaban J connectivity index is 1.43. The van der Waals surface area contributed by atoms with Gasteiger partial charge in [-0.2, -0.15) is 10.4 Å². The van der Waals surface area contributed by atoms with Gasteiger partial charge in [0.05, 0.1) is 28.4 Å². The van der Waals surface area contributed by atoms with E-state index in [9.17, 15) is 10.1 Å². The molecule has 1 aromatic heterocycles. The van der Waals surface area contributed by atoms with Crippen LogP contribution in [0.3, 0.4) is 0 Å². The Morgan fingerprint density at radius 1 is 1.00 bits per heavy atom. The van der Waals surface area contributed by atoms with Crippen LogP contribution in [0.4, 0.5) is 0 Å². The topological polar surface area (TPSA) is 83.1 Å². The predicted octanol–water partition coefficient (Wildman–Crippen LogP) is 5.11. The van der Waals surface area contributed by atoms with Gasteiger partial charge >= 0.3 is 0 Å². The predicted molar refractivity (Wildman–Crippen MR) is 131 cm³/mol. The molecule has 4 aromatic rings. The Morgan fingerprint density at radius 3 is 2.56 bits per heavy atom. The zero-order chi connectivity index (χ0) is 23.1. The molecule has 6 nitrogen and oxygen atoms in total. The number of carbonyl (C=O) groups excluding carboxylic acids is 1. The highest BCUT2D eigenvalue weighted by molar-refractivity contribution is 6.05. The molecule has 0 saturated heterocycles. The van der Waals surface area contributed by atoms with Gasteiger partial charge in [-0.15, -0.1) is 0 Å². The van der Waals surface area contributed by atoms with Crippen molar-refractivity contribution in [3.8, 4) is 17.2 Å². The summed E-state index contributed by atoms with van der Waals surface area (Å²) in [5.74, 6) is 1.57. The molecule has 6 rings (SSSR count). The van der Waals surface area contributed by atoms with Gasteiger partial charge in [-0.05, 0) is 47.7 Å². The van der Waals surface area contributed by atoms with E-state index in [4.69, 9.17) is 4.98 Å². The van der Waals surface area contributed by atoms with Crippen molar-refractivity contribution in [2.75, 3.05) is 0 Å². The Hall–Kier alpha value is -4.24. The number of hydrogen-bond donors (Lipinski definition) is 1. The molecule has 0 atom stereocenters. The van der Waals surface area contributed by atoms with Crippen molar-refractivity contribution in [3.63, 3.8) is 0 Å². The summed E-state index contributed by atoms with van der Waals surface area (Å²) in [4.78, 5) is 16.5. The number of carbonyl (C=O) groups is 1. The zero-order valence-corrected chi connectivity index (χ0v) is 18.7. The van der Waals surface area contributed by atoms with Gasteiger partial charge in [0.25, 0.3) is 0 Å². The maximum atomic E-state index is 11.5. The number of hydrazone groups is 1. The second-order valence-corrected chi connectivity index (χ2v) is 8.94. The molecule has 3 aromatic carbocycles. The van der Waals surface area contributed by atoms with Crippen molar-refractivity contribution in [2.45, 2.75) is 38.1 Å². The summed E-state index contributed by atoms with van der Waals surface area (Å²) in [6.45, 7) is 0.689. The van der Waals surface area contributed by atoms with Crippen molar-refractivity contribution in [2.24, 2.45) is 5.10 Å². The second-order valence-electron chi connectivity index (χ2n) is 8.94. The Bertz CT molecular complexity index is 1500. The molecule has 1 N–H and O–H groups in total. The third kappa shape index (κ3) is 3.65. The Kier molecular flexibility index (Phi) is 4.96. The SMILES string of the molecule is N#Cc1ccccc1-c1ccccc1Cn1c(C2CC2)nc2cc(C3=NNC(=O)CC3)ccc21. The minimum atomic E-state index is -0.0400. The molecule has 6 heteroatoms. The summed E-state index contributed by atoms with van der Waals surface area (Å²) in [7, 11) is 0. The standard InChI is InChI=1S/C28H23N5O/c29-16-20-5-1-3-7-22(20)23-8-4-2-6-21(23)17-33-26-13-11-19(24-12-14-27(34)32-31-24)15-25(26)30-28(33)18-9-10-18/h1-8,11,13,15,18H,9-10,12,14,17H2,(H,32,34). The van der Waals surface area contributed by atoms with Gasteiger partial charge in [0.15, 0.2) is 0 Å². The van der Waals surface area contributed by atoms with Crippen LogP contribution in [0.25, 0.3) is 22.2 Å². The number of amides is 1. The number of nitrogens with zero attached hydrogens (tertiary/aromatic N) is 4. The number of hydrogen-bond acceptors (Lipinski definition) is 4. The maximum absolute atomic E-state index is 11.5. The van der Waals surface area contributed by atoms with Crippen LogP contribution >= 0.6 is 0 Å². The van der Waals surface area contributed by atoms with Crippen molar-refractivity contribution < 1.29 is 4.79 Å². The van der Waals surface area contributed by atoms with E-state index in [1.54, 1.807) is 0 Å². The van der Waals surface area contributed by atoms with E-state index < -0.39 is 0 Å². The molecule has 2 heterocycles. The quantitative estimate of drug-likeness (QED) is 0.463. The molecule has 1 fully saturated rings. The van der Waals surface area contributed by atoms with E-state index in [2.05, 4.69) is 57.6 Å². The minimum absolute atomic E-state index is 0.0400. The van der Waals surface area contributed by atoms with Gasteiger partial charge in [0.2, 0.25) is 5.91 Å². The second kappa shape index (κ2) is 8.27. The van der Waals surface area contributed by atoms with Crippen LogP contribution in [-0.4, -0.2) is 21.2 Å². The molecule has 166 valence electrons. The van der Waals surface area contributed by atoms with Crippen LogP contribution in [-0.2, 0) is 11.3 Å². The number of aromatic nitrogens is 2. The van der Waals surface area contributed by atoms with E-state index in [0.717, 1.165) is 57.7 Å². The summed E-state index contributed by atoms with van der Waals surface area (Å²) < 4.78 is 2.33. The molecule has 0 radical (unpaired) electrons. The molecule has 0 unspecified atom stereocenters. The average Bonchev–Trinajstić information content (AvgIpc) is 3.67. The lowest BCUT2D eigenvalue weighted by molar-refractivity contribution is -0.121. The Morgan fingerprint density at radius 2 is 1.79 bits per heavy atom. The van der Waals surface area contributed by atoms with Crippen LogP contribution in [0.1, 0.15) is 54.1 Å². The summed E-state index contributed by atoms with van der Waals surface area (Å²) in [5.41, 5.74) is 10.4. The fourth-order valence-corrected chi connectivity index (χ4v) is 4.74. The van der Waals surface area contributed by atoms with Gasteiger partial charge < -0.3 is 4.57 Å². The lowest BCUT2D eigenvalue weighted by Gasteiger charge is -2.15. The fraction of sp³-hybridized carbons (Fsp3) is 0.214. The lowest BCUT2D eigenvalue weighted by atomic mass is 9.95. The van der Waals surface area contributed by atoms with Gasteiger partial charge in [-0.25, -0.2) is 10.4 Å². The van der Waals surface area contributed by atoms with Gasteiger partial charge in [-0.3, -0.25) is 4.79 Å².